The number of fused-ring (bicyclic) bond motifs is 1. The maximum atomic E-state index is 4.90. The Morgan fingerprint density at radius 1 is 0.875 bits per heavy atom. The predicted octanol–water partition coefficient (Wildman–Crippen LogP) is 3.46. The number of ether oxygens (including phenoxy) is 1. The minimum Gasteiger partial charge on any atom is -0.442 e. The maximum absolute atomic E-state index is 4.90. The molecule has 0 aliphatic heterocycles. The first-order chi connectivity index (χ1) is 7.90. The number of terminal acetylenes is 1. The van der Waals surface area contributed by atoms with Crippen molar-refractivity contribution in [1.82, 2.24) is 0 Å². The molecule has 0 unspecified atom stereocenters. The van der Waals surface area contributed by atoms with Gasteiger partial charge in [0.15, 0.2) is 0 Å². The van der Waals surface area contributed by atoms with Gasteiger partial charge in [0, 0.05) is 0 Å². The van der Waals surface area contributed by atoms with Crippen LogP contribution in [0.3, 0.4) is 0 Å². The Kier molecular flexibility index (Phi) is 3.25. The van der Waals surface area contributed by atoms with E-state index in [2.05, 4.69) is 30.4 Å². The number of rotatable bonds is 2. The van der Waals surface area contributed by atoms with Crippen molar-refractivity contribution in [2.75, 3.05) is 0 Å². The molecule has 3 rings (SSSR count). The van der Waals surface area contributed by atoms with Gasteiger partial charge in [-0.3, -0.25) is 0 Å². The van der Waals surface area contributed by atoms with Gasteiger partial charge in [0.2, 0.25) is 0 Å². The van der Waals surface area contributed by atoms with E-state index in [1.54, 1.807) is 0 Å². The molecule has 1 heteroatoms. The van der Waals surface area contributed by atoms with Gasteiger partial charge in [-0.05, 0) is 16.7 Å². The highest BCUT2D eigenvalue weighted by atomic mass is 16.5. The minimum absolute atomic E-state index is 0.497. The molecule has 2 aliphatic rings. The molecular formula is C15H12O. The molecule has 16 heavy (non-hydrogen) atoms. The van der Waals surface area contributed by atoms with Crippen LogP contribution in [0.2, 0.25) is 0 Å². The summed E-state index contributed by atoms with van der Waals surface area (Å²) in [6.45, 7) is 0.497. The third-order valence-corrected chi connectivity index (χ3v) is 2.38. The van der Waals surface area contributed by atoms with E-state index in [0.29, 0.717) is 6.61 Å². The zero-order valence-corrected chi connectivity index (χ0v) is 8.89. The summed E-state index contributed by atoms with van der Waals surface area (Å²) >= 11 is 0. The molecule has 0 fully saturated rings. The number of benzene rings is 2. The molecule has 0 aromatic heterocycles. The summed E-state index contributed by atoms with van der Waals surface area (Å²) in [5.41, 5.74) is 3.95. The van der Waals surface area contributed by atoms with Crippen molar-refractivity contribution >= 4 is 0 Å². The zero-order valence-electron chi connectivity index (χ0n) is 8.89. The summed E-state index contributed by atoms with van der Waals surface area (Å²) in [6, 6.07) is 18.3. The zero-order chi connectivity index (χ0) is 11.2. The lowest BCUT2D eigenvalue weighted by Gasteiger charge is -2.10. The normalized spacial score (nSPS) is 9.44. The van der Waals surface area contributed by atoms with Gasteiger partial charge in [0.05, 0.1) is 0 Å². The van der Waals surface area contributed by atoms with Crippen LogP contribution in [0.4, 0.5) is 0 Å². The molecule has 1 aromatic carbocycles. The lowest BCUT2D eigenvalue weighted by Crippen LogP contribution is -1.85. The Bertz CT molecular complexity index is 456. The third kappa shape index (κ3) is 2.43. The van der Waals surface area contributed by atoms with Crippen molar-refractivity contribution in [2.24, 2.45) is 0 Å². The molecule has 0 atom stereocenters. The molecule has 0 heterocycles. The molecule has 0 radical (unpaired) electrons. The first kappa shape index (κ1) is 10.3. The van der Waals surface area contributed by atoms with Crippen molar-refractivity contribution in [3.8, 4) is 23.7 Å². The van der Waals surface area contributed by atoms with E-state index in [1.807, 2.05) is 30.3 Å². The molecule has 0 saturated carbocycles. The molecule has 2 aliphatic carbocycles. The van der Waals surface area contributed by atoms with Gasteiger partial charge in [-0.1, -0.05) is 61.0 Å². The van der Waals surface area contributed by atoms with E-state index >= 15 is 0 Å². The number of hydrogen-bond acceptors (Lipinski definition) is 1. The Morgan fingerprint density at radius 3 is 1.81 bits per heavy atom. The Labute approximate surface area is 95.7 Å². The molecule has 0 spiro atoms. The van der Waals surface area contributed by atoms with Crippen LogP contribution in [0.15, 0.2) is 54.6 Å². The summed E-state index contributed by atoms with van der Waals surface area (Å²) in [6.07, 6.45) is 7.02. The second-order valence-electron chi connectivity index (χ2n) is 3.47. The summed E-state index contributed by atoms with van der Waals surface area (Å²) in [7, 11) is 0. The smallest absolute Gasteiger partial charge is 0.125 e. The van der Waals surface area contributed by atoms with Crippen LogP contribution < -0.4 is 0 Å². The van der Waals surface area contributed by atoms with Crippen molar-refractivity contribution in [1.29, 1.82) is 0 Å². The first-order valence-electron chi connectivity index (χ1n) is 5.12. The van der Waals surface area contributed by atoms with Gasteiger partial charge in [-0.15, -0.1) is 0 Å². The van der Waals surface area contributed by atoms with Gasteiger partial charge in [0.1, 0.15) is 12.7 Å². The lowest BCUT2D eigenvalue weighted by atomic mass is 9.95. The largest absolute Gasteiger partial charge is 0.442 e. The molecule has 0 amide bonds. The van der Waals surface area contributed by atoms with Crippen LogP contribution in [0, 0.1) is 12.5 Å². The fraction of sp³-hybridized carbons (Fsp3) is 0.0667. The van der Waals surface area contributed by atoms with Crippen LogP contribution in [0.5, 0.6) is 0 Å². The van der Waals surface area contributed by atoms with E-state index in [-0.39, 0.29) is 0 Å². The van der Waals surface area contributed by atoms with Gasteiger partial charge < -0.3 is 4.74 Å². The Hall–Kier alpha value is -2.20. The first-order valence-corrected chi connectivity index (χ1v) is 5.12. The molecular weight excluding hydrogens is 196 g/mol. The Balaban J connectivity index is 0.000000134. The topological polar surface area (TPSA) is 9.23 Å². The molecule has 0 bridgehead atoms. The highest BCUT2D eigenvalue weighted by Gasteiger charge is 2.03. The maximum Gasteiger partial charge on any atom is 0.125 e. The van der Waals surface area contributed by atoms with Crippen molar-refractivity contribution in [3.05, 3.63) is 60.2 Å². The van der Waals surface area contributed by atoms with Gasteiger partial charge >= 0.3 is 0 Å². The van der Waals surface area contributed by atoms with E-state index in [9.17, 15) is 0 Å². The van der Waals surface area contributed by atoms with E-state index < -0.39 is 0 Å². The van der Waals surface area contributed by atoms with Crippen LogP contribution in [0.25, 0.3) is 11.1 Å². The van der Waals surface area contributed by atoms with E-state index in [4.69, 9.17) is 11.2 Å². The summed E-state index contributed by atoms with van der Waals surface area (Å²) in [5.74, 6) is 0. The SMILES string of the molecule is C#COCc1ccccc1.c1cc2ccc1-2. The number of hydrogen-bond donors (Lipinski definition) is 0. The lowest BCUT2D eigenvalue weighted by molar-refractivity contribution is 0.265. The molecule has 0 saturated heterocycles. The van der Waals surface area contributed by atoms with Gasteiger partial charge in [-0.2, -0.15) is 0 Å². The monoisotopic (exact) mass is 208 g/mol. The minimum atomic E-state index is 0.497. The molecule has 1 nitrogen and oxygen atoms in total. The average molecular weight is 208 g/mol. The van der Waals surface area contributed by atoms with Crippen LogP contribution in [0.1, 0.15) is 5.56 Å². The standard InChI is InChI=1S/C9H8O.C6H4/c1-2-10-8-9-6-4-3-5-7-9;1-2-6-4-3-5(1)6/h1,3-7H,8H2;1-4H. The van der Waals surface area contributed by atoms with Crippen molar-refractivity contribution < 1.29 is 4.74 Å². The summed E-state index contributed by atoms with van der Waals surface area (Å²) in [4.78, 5) is 0. The van der Waals surface area contributed by atoms with Crippen molar-refractivity contribution in [3.63, 3.8) is 0 Å². The molecule has 1 aromatic rings. The highest BCUT2D eigenvalue weighted by molar-refractivity contribution is 5.75. The van der Waals surface area contributed by atoms with Gasteiger partial charge in [0.25, 0.3) is 0 Å². The van der Waals surface area contributed by atoms with E-state index in [1.165, 1.54) is 11.1 Å². The van der Waals surface area contributed by atoms with Crippen LogP contribution in [-0.4, -0.2) is 0 Å². The fourth-order valence-corrected chi connectivity index (χ4v) is 1.36. The van der Waals surface area contributed by atoms with E-state index in [0.717, 1.165) is 5.56 Å². The summed E-state index contributed by atoms with van der Waals surface area (Å²) in [5, 5.41) is 0. The van der Waals surface area contributed by atoms with Crippen LogP contribution in [-0.2, 0) is 11.3 Å². The fourth-order valence-electron chi connectivity index (χ4n) is 1.36. The van der Waals surface area contributed by atoms with Gasteiger partial charge in [-0.25, -0.2) is 0 Å². The second kappa shape index (κ2) is 5.04. The highest BCUT2D eigenvalue weighted by Crippen LogP contribution is 2.29. The molecule has 0 N–H and O–H groups in total. The predicted molar refractivity (Wildman–Crippen MR) is 65.5 cm³/mol. The summed E-state index contributed by atoms with van der Waals surface area (Å²) < 4.78 is 4.75. The Morgan fingerprint density at radius 2 is 1.44 bits per heavy atom. The van der Waals surface area contributed by atoms with Crippen molar-refractivity contribution in [2.45, 2.75) is 6.61 Å². The quantitative estimate of drug-likeness (QED) is 0.586. The van der Waals surface area contributed by atoms with Crippen LogP contribution >= 0.6 is 0 Å². The third-order valence-electron chi connectivity index (χ3n) is 2.38. The average Bonchev–Trinajstić information content (AvgIpc) is 2.33. The second-order valence-corrected chi connectivity index (χ2v) is 3.47. The molecule has 78 valence electrons.